The molecule has 3 aliphatic rings. The minimum absolute atomic E-state index is 0.00832. The van der Waals surface area contributed by atoms with Gasteiger partial charge in [0.1, 0.15) is 11.9 Å². The molecular weight excluding hydrogens is 414 g/mol. The molecule has 0 saturated carbocycles. The van der Waals surface area contributed by atoms with Gasteiger partial charge in [0.2, 0.25) is 0 Å². The van der Waals surface area contributed by atoms with Crippen molar-refractivity contribution in [2.75, 3.05) is 26.3 Å². The smallest absolute Gasteiger partial charge is 0.251 e. The van der Waals surface area contributed by atoms with Gasteiger partial charge in [0.25, 0.3) is 5.91 Å². The molecule has 1 amide bonds. The molecular formula is C27H29N3O3. The Morgan fingerprint density at radius 2 is 1.97 bits per heavy atom. The van der Waals surface area contributed by atoms with Gasteiger partial charge in [0.05, 0.1) is 5.52 Å². The zero-order valence-electron chi connectivity index (χ0n) is 18.8. The number of carbonyl (C=O) groups is 1. The molecule has 2 aromatic carbocycles. The van der Waals surface area contributed by atoms with Crippen LogP contribution < -0.4 is 10.1 Å². The van der Waals surface area contributed by atoms with Crippen molar-refractivity contribution < 1.29 is 14.3 Å². The third-order valence-electron chi connectivity index (χ3n) is 7.11. The maximum Gasteiger partial charge on any atom is 0.251 e. The van der Waals surface area contributed by atoms with Gasteiger partial charge in [-0.2, -0.15) is 0 Å². The van der Waals surface area contributed by atoms with Gasteiger partial charge in [0, 0.05) is 62.0 Å². The highest BCUT2D eigenvalue weighted by molar-refractivity contribution is 5.98. The Balaban J connectivity index is 1.08. The Hall–Kier alpha value is -2.96. The van der Waals surface area contributed by atoms with E-state index in [1.165, 1.54) is 16.6 Å². The normalized spacial score (nSPS) is 21.3. The number of benzene rings is 2. The maximum atomic E-state index is 11.7. The number of amides is 1. The summed E-state index contributed by atoms with van der Waals surface area (Å²) < 4.78 is 11.7. The summed E-state index contributed by atoms with van der Waals surface area (Å²) in [6.45, 7) is 5.12. The summed E-state index contributed by atoms with van der Waals surface area (Å²) in [6.07, 6.45) is 3.32. The summed E-state index contributed by atoms with van der Waals surface area (Å²) in [6, 6.07) is 16.9. The van der Waals surface area contributed by atoms with Crippen LogP contribution in [-0.2, 0) is 17.8 Å². The van der Waals surface area contributed by atoms with Crippen LogP contribution in [0.2, 0.25) is 0 Å². The van der Waals surface area contributed by atoms with Crippen LogP contribution in [0.3, 0.4) is 0 Å². The molecule has 3 aromatic rings. The van der Waals surface area contributed by atoms with Gasteiger partial charge in [-0.05, 0) is 66.8 Å². The highest BCUT2D eigenvalue weighted by Gasteiger charge is 2.25. The molecule has 2 saturated heterocycles. The summed E-state index contributed by atoms with van der Waals surface area (Å²) in [4.78, 5) is 19.1. The Morgan fingerprint density at radius 3 is 2.88 bits per heavy atom. The Kier molecular flexibility index (Phi) is 5.48. The van der Waals surface area contributed by atoms with Crippen LogP contribution in [0.4, 0.5) is 0 Å². The average Bonchev–Trinajstić information content (AvgIpc) is 3.45. The summed E-state index contributed by atoms with van der Waals surface area (Å²) in [5, 5.41) is 4.07. The molecule has 1 N–H and O–H groups in total. The molecule has 0 aliphatic carbocycles. The highest BCUT2D eigenvalue weighted by atomic mass is 16.5. The van der Waals surface area contributed by atoms with E-state index in [1.54, 1.807) is 0 Å². The van der Waals surface area contributed by atoms with E-state index in [-0.39, 0.29) is 12.0 Å². The van der Waals surface area contributed by atoms with Gasteiger partial charge in [-0.15, -0.1) is 0 Å². The van der Waals surface area contributed by atoms with Crippen molar-refractivity contribution in [1.82, 2.24) is 15.2 Å². The third kappa shape index (κ3) is 4.33. The van der Waals surface area contributed by atoms with Gasteiger partial charge in [-0.3, -0.25) is 14.7 Å². The molecule has 2 fully saturated rings. The Labute approximate surface area is 193 Å². The number of aromatic nitrogens is 1. The largest absolute Gasteiger partial charge is 0.489 e. The molecule has 0 spiro atoms. The van der Waals surface area contributed by atoms with Crippen LogP contribution in [0, 0.1) is 0 Å². The highest BCUT2D eigenvalue weighted by Crippen LogP contribution is 2.28. The molecule has 6 heteroatoms. The van der Waals surface area contributed by atoms with E-state index < -0.39 is 0 Å². The maximum absolute atomic E-state index is 11.7. The molecule has 6 nitrogen and oxygen atoms in total. The van der Waals surface area contributed by atoms with Crippen molar-refractivity contribution >= 4 is 16.8 Å². The van der Waals surface area contributed by atoms with Crippen LogP contribution in [0.5, 0.6) is 5.75 Å². The predicted molar refractivity (Wildman–Crippen MR) is 126 cm³/mol. The second-order valence-corrected chi connectivity index (χ2v) is 9.42. The molecule has 1 atom stereocenters. The van der Waals surface area contributed by atoms with Crippen LogP contribution in [0.15, 0.2) is 48.5 Å². The van der Waals surface area contributed by atoms with E-state index in [1.807, 2.05) is 18.2 Å². The fraction of sp³-hybridized carbons (Fsp3) is 0.407. The van der Waals surface area contributed by atoms with Crippen molar-refractivity contribution in [3.8, 4) is 5.75 Å². The van der Waals surface area contributed by atoms with Crippen molar-refractivity contribution in [3.63, 3.8) is 0 Å². The number of ether oxygens (including phenoxy) is 2. The number of hydrogen-bond donors (Lipinski definition) is 1. The lowest BCUT2D eigenvalue weighted by Gasteiger charge is -2.22. The van der Waals surface area contributed by atoms with Crippen LogP contribution in [-0.4, -0.2) is 48.2 Å². The first-order valence-electron chi connectivity index (χ1n) is 12.0. The number of nitrogens with zero attached hydrogens (tertiary/aromatic N) is 2. The van der Waals surface area contributed by atoms with Gasteiger partial charge in [-0.1, -0.05) is 12.1 Å². The summed E-state index contributed by atoms with van der Waals surface area (Å²) in [7, 11) is 0. The molecule has 0 bridgehead atoms. The molecule has 170 valence electrons. The van der Waals surface area contributed by atoms with Gasteiger partial charge in [0.15, 0.2) is 0 Å². The molecule has 33 heavy (non-hydrogen) atoms. The number of carbonyl (C=O) groups excluding carboxylic acids is 1. The van der Waals surface area contributed by atoms with E-state index in [0.717, 1.165) is 74.5 Å². The summed E-state index contributed by atoms with van der Waals surface area (Å²) in [5.74, 6) is 1.38. The first-order valence-corrected chi connectivity index (χ1v) is 12.0. The zero-order valence-corrected chi connectivity index (χ0v) is 18.8. The zero-order chi connectivity index (χ0) is 22.2. The van der Waals surface area contributed by atoms with Gasteiger partial charge >= 0.3 is 0 Å². The third-order valence-corrected chi connectivity index (χ3v) is 7.11. The van der Waals surface area contributed by atoms with Crippen molar-refractivity contribution in [1.29, 1.82) is 0 Å². The molecule has 4 heterocycles. The number of pyridine rings is 1. The average molecular weight is 444 g/mol. The quantitative estimate of drug-likeness (QED) is 0.645. The van der Waals surface area contributed by atoms with E-state index in [9.17, 15) is 4.79 Å². The lowest BCUT2D eigenvalue weighted by Crippen LogP contribution is -2.24. The van der Waals surface area contributed by atoms with E-state index >= 15 is 0 Å². The van der Waals surface area contributed by atoms with E-state index in [0.29, 0.717) is 12.5 Å². The number of fused-ring (bicyclic) bond motifs is 2. The minimum Gasteiger partial charge on any atom is -0.489 e. The van der Waals surface area contributed by atoms with Crippen LogP contribution in [0.1, 0.15) is 52.4 Å². The van der Waals surface area contributed by atoms with Gasteiger partial charge in [-0.25, -0.2) is 0 Å². The topological polar surface area (TPSA) is 63.7 Å². The SMILES string of the molecule is O=C1NCc2cc(O[C@H]3CCN(Cc4ccc5nc(C6CCOCC6)ccc5c4)C3)ccc21. The lowest BCUT2D eigenvalue weighted by molar-refractivity contribution is 0.0845. The Bertz CT molecular complexity index is 1190. The first-order chi connectivity index (χ1) is 16.2. The van der Waals surface area contributed by atoms with Crippen LogP contribution in [0.25, 0.3) is 10.9 Å². The molecule has 6 rings (SSSR count). The molecule has 1 aromatic heterocycles. The van der Waals surface area contributed by atoms with Crippen molar-refractivity contribution in [2.45, 2.75) is 44.4 Å². The number of hydrogen-bond acceptors (Lipinski definition) is 5. The Morgan fingerprint density at radius 1 is 1.06 bits per heavy atom. The lowest BCUT2D eigenvalue weighted by atomic mass is 9.95. The predicted octanol–water partition coefficient (Wildman–Crippen LogP) is 4.03. The van der Waals surface area contributed by atoms with Crippen molar-refractivity contribution in [2.24, 2.45) is 0 Å². The van der Waals surface area contributed by atoms with Crippen LogP contribution >= 0.6 is 0 Å². The second-order valence-electron chi connectivity index (χ2n) is 9.42. The summed E-state index contributed by atoms with van der Waals surface area (Å²) >= 11 is 0. The number of likely N-dealkylation sites (tertiary alicyclic amines) is 1. The standard InChI is InChI=1S/C27H29N3O3/c31-27-24-4-3-22(14-21(24)15-28-27)33-23-7-10-30(17-23)16-18-1-5-26-20(13-18)2-6-25(29-26)19-8-11-32-12-9-19/h1-6,13-14,19,23H,7-12,15-17H2,(H,28,31)/t23-/m0/s1. The summed E-state index contributed by atoms with van der Waals surface area (Å²) in [5.41, 5.74) is 5.38. The first kappa shape index (κ1) is 20.6. The fourth-order valence-corrected chi connectivity index (χ4v) is 5.28. The van der Waals surface area contributed by atoms with E-state index in [4.69, 9.17) is 14.5 Å². The van der Waals surface area contributed by atoms with Crippen molar-refractivity contribution in [3.05, 3.63) is 70.9 Å². The molecule has 0 radical (unpaired) electrons. The van der Waals surface area contributed by atoms with Gasteiger partial charge < -0.3 is 14.8 Å². The monoisotopic (exact) mass is 443 g/mol. The molecule has 3 aliphatic heterocycles. The number of rotatable bonds is 5. The minimum atomic E-state index is 0.00832. The fourth-order valence-electron chi connectivity index (χ4n) is 5.28. The van der Waals surface area contributed by atoms with E-state index in [2.05, 4.69) is 40.5 Å². The second kappa shape index (κ2) is 8.76. The number of nitrogens with one attached hydrogen (secondary N) is 1. The molecule has 0 unspecified atom stereocenters.